The molecule has 0 radical (unpaired) electrons. The largest absolute Gasteiger partial charge is 0.223 e. The van der Waals surface area contributed by atoms with E-state index in [1.54, 1.807) is 0 Å². The van der Waals surface area contributed by atoms with Gasteiger partial charge in [0.2, 0.25) is 0 Å². The van der Waals surface area contributed by atoms with Crippen molar-refractivity contribution in [3.8, 4) is 0 Å². The number of sulfone groups is 1. The van der Waals surface area contributed by atoms with Gasteiger partial charge in [0.15, 0.2) is 9.84 Å². The number of benzene rings is 3. The Balaban J connectivity index is 1.69. The summed E-state index contributed by atoms with van der Waals surface area (Å²) in [6.07, 6.45) is 4.81. The van der Waals surface area contributed by atoms with E-state index in [-0.39, 0.29) is 5.25 Å². The summed E-state index contributed by atoms with van der Waals surface area (Å²) >= 11 is 0. The SMILES string of the molecule is O=S(=O)(c1ccc([SiH](c2ccccc2)c2ccccc2)cc1)C1CCCCC1. The molecule has 0 amide bonds. The molecule has 0 atom stereocenters. The fraction of sp³-hybridized carbons (Fsp3) is 0.250. The van der Waals surface area contributed by atoms with Crippen LogP contribution in [0.2, 0.25) is 0 Å². The molecule has 3 aromatic carbocycles. The molecule has 0 N–H and O–H groups in total. The topological polar surface area (TPSA) is 34.1 Å². The zero-order valence-electron chi connectivity index (χ0n) is 16.0. The monoisotopic (exact) mass is 406 g/mol. The van der Waals surface area contributed by atoms with Gasteiger partial charge in [-0.3, -0.25) is 0 Å². The molecule has 4 rings (SSSR count). The van der Waals surface area contributed by atoms with Gasteiger partial charge in [-0.2, -0.15) is 0 Å². The summed E-state index contributed by atoms with van der Waals surface area (Å²) < 4.78 is 26.0. The molecule has 0 bridgehead atoms. The Labute approximate surface area is 169 Å². The van der Waals surface area contributed by atoms with Gasteiger partial charge in [0.05, 0.1) is 10.1 Å². The highest BCUT2D eigenvalue weighted by Gasteiger charge is 2.29. The van der Waals surface area contributed by atoms with Crippen molar-refractivity contribution in [3.63, 3.8) is 0 Å². The maximum absolute atomic E-state index is 13.0. The van der Waals surface area contributed by atoms with Gasteiger partial charge in [0, 0.05) is 0 Å². The van der Waals surface area contributed by atoms with E-state index in [0.717, 1.165) is 32.1 Å². The molecular weight excluding hydrogens is 380 g/mol. The summed E-state index contributed by atoms with van der Waals surface area (Å²) in [5, 5.41) is 3.73. The summed E-state index contributed by atoms with van der Waals surface area (Å²) in [5.74, 6) is 0. The second-order valence-electron chi connectivity index (χ2n) is 7.63. The first kappa shape index (κ1) is 19.2. The second-order valence-corrected chi connectivity index (χ2v) is 12.7. The third-order valence-electron chi connectivity index (χ3n) is 5.80. The van der Waals surface area contributed by atoms with Crippen LogP contribution in [0.3, 0.4) is 0 Å². The Kier molecular flexibility index (Phi) is 5.79. The Morgan fingerprint density at radius 3 is 1.57 bits per heavy atom. The Morgan fingerprint density at radius 1 is 0.607 bits per heavy atom. The van der Waals surface area contributed by atoms with E-state index in [4.69, 9.17) is 0 Å². The van der Waals surface area contributed by atoms with Crippen molar-refractivity contribution in [2.45, 2.75) is 42.2 Å². The molecule has 0 unspecified atom stereocenters. The Hall–Kier alpha value is -2.17. The van der Waals surface area contributed by atoms with Crippen LogP contribution in [0, 0.1) is 0 Å². The zero-order chi connectivity index (χ0) is 19.4. The predicted octanol–water partition coefficient (Wildman–Crippen LogP) is 3.04. The van der Waals surface area contributed by atoms with Crippen LogP contribution in [0.5, 0.6) is 0 Å². The molecule has 1 aliphatic carbocycles. The molecule has 2 nitrogen and oxygen atoms in total. The normalized spacial score (nSPS) is 15.6. The van der Waals surface area contributed by atoms with Crippen LogP contribution < -0.4 is 15.6 Å². The molecule has 0 heterocycles. The van der Waals surface area contributed by atoms with Crippen LogP contribution in [0.1, 0.15) is 32.1 Å². The summed E-state index contributed by atoms with van der Waals surface area (Å²) in [4.78, 5) is 0.483. The maximum Gasteiger partial charge on any atom is 0.181 e. The lowest BCUT2D eigenvalue weighted by Gasteiger charge is -2.22. The van der Waals surface area contributed by atoms with E-state index in [9.17, 15) is 8.42 Å². The van der Waals surface area contributed by atoms with Crippen molar-refractivity contribution in [2.75, 3.05) is 0 Å². The number of rotatable bonds is 5. The molecule has 1 fully saturated rings. The molecular formula is C24H26O2SSi. The van der Waals surface area contributed by atoms with E-state index >= 15 is 0 Å². The number of hydrogen-bond acceptors (Lipinski definition) is 2. The third-order valence-corrected chi connectivity index (χ3v) is 11.2. The minimum absolute atomic E-state index is 0.205. The number of hydrogen-bond donors (Lipinski definition) is 0. The van der Waals surface area contributed by atoms with Crippen LogP contribution in [0.25, 0.3) is 0 Å². The molecule has 3 aromatic rings. The highest BCUT2D eigenvalue weighted by atomic mass is 32.2. The van der Waals surface area contributed by atoms with Gasteiger partial charge in [0.25, 0.3) is 0 Å². The molecule has 144 valence electrons. The maximum atomic E-state index is 13.0. The Morgan fingerprint density at radius 2 is 1.07 bits per heavy atom. The van der Waals surface area contributed by atoms with Crippen molar-refractivity contribution in [3.05, 3.63) is 84.9 Å². The molecule has 0 aliphatic heterocycles. The molecule has 1 aliphatic rings. The summed E-state index contributed by atoms with van der Waals surface area (Å²) in [5.41, 5.74) is 0. The summed E-state index contributed by atoms with van der Waals surface area (Å²) in [6, 6.07) is 29.0. The summed E-state index contributed by atoms with van der Waals surface area (Å²) in [7, 11) is -4.83. The highest BCUT2D eigenvalue weighted by Crippen LogP contribution is 2.28. The lowest BCUT2D eigenvalue weighted by molar-refractivity contribution is 0.483. The smallest absolute Gasteiger partial charge is 0.181 e. The van der Waals surface area contributed by atoms with Gasteiger partial charge in [-0.05, 0) is 25.0 Å². The van der Waals surface area contributed by atoms with Crippen LogP contribution in [-0.4, -0.2) is 22.5 Å². The molecule has 0 saturated heterocycles. The zero-order valence-corrected chi connectivity index (χ0v) is 18.0. The van der Waals surface area contributed by atoms with Crippen molar-refractivity contribution < 1.29 is 8.42 Å². The van der Waals surface area contributed by atoms with Gasteiger partial charge in [-0.1, -0.05) is 108 Å². The van der Waals surface area contributed by atoms with Gasteiger partial charge in [0.1, 0.15) is 8.80 Å². The molecule has 0 spiro atoms. The van der Waals surface area contributed by atoms with E-state index < -0.39 is 18.6 Å². The average Bonchev–Trinajstić information content (AvgIpc) is 2.76. The van der Waals surface area contributed by atoms with Crippen LogP contribution >= 0.6 is 0 Å². The van der Waals surface area contributed by atoms with E-state index in [1.165, 1.54) is 15.6 Å². The molecule has 4 heteroatoms. The Bertz CT molecular complexity index is 954. The third kappa shape index (κ3) is 3.98. The second kappa shape index (κ2) is 8.46. The molecule has 28 heavy (non-hydrogen) atoms. The van der Waals surface area contributed by atoms with Crippen LogP contribution in [0.15, 0.2) is 89.8 Å². The minimum Gasteiger partial charge on any atom is -0.223 e. The van der Waals surface area contributed by atoms with E-state index in [1.807, 2.05) is 36.4 Å². The van der Waals surface area contributed by atoms with Crippen molar-refractivity contribution >= 4 is 34.2 Å². The van der Waals surface area contributed by atoms with Crippen molar-refractivity contribution in [1.29, 1.82) is 0 Å². The fourth-order valence-corrected chi connectivity index (χ4v) is 9.09. The lowest BCUT2D eigenvalue weighted by Crippen LogP contribution is -2.51. The summed E-state index contributed by atoms with van der Waals surface area (Å²) in [6.45, 7) is 0. The van der Waals surface area contributed by atoms with Gasteiger partial charge >= 0.3 is 0 Å². The van der Waals surface area contributed by atoms with Crippen LogP contribution in [0.4, 0.5) is 0 Å². The first-order chi connectivity index (χ1) is 13.7. The van der Waals surface area contributed by atoms with E-state index in [0.29, 0.717) is 4.90 Å². The van der Waals surface area contributed by atoms with Crippen LogP contribution in [-0.2, 0) is 9.84 Å². The van der Waals surface area contributed by atoms with Crippen molar-refractivity contribution in [1.82, 2.24) is 0 Å². The standard InChI is InChI=1S/C24H26O2SSi/c25-27(26,20-10-4-1-5-11-20)21-16-18-24(19-17-21)28(22-12-6-2-7-13-22)23-14-8-3-9-15-23/h2-3,6-9,12-20,28H,1,4-5,10-11H2. The minimum atomic E-state index is -3.22. The van der Waals surface area contributed by atoms with Crippen molar-refractivity contribution in [2.24, 2.45) is 0 Å². The average molecular weight is 407 g/mol. The predicted molar refractivity (Wildman–Crippen MR) is 119 cm³/mol. The first-order valence-corrected chi connectivity index (χ1v) is 13.4. The van der Waals surface area contributed by atoms with Gasteiger partial charge < -0.3 is 0 Å². The highest BCUT2D eigenvalue weighted by molar-refractivity contribution is 7.92. The fourth-order valence-electron chi connectivity index (χ4n) is 4.29. The lowest BCUT2D eigenvalue weighted by atomic mass is 10.0. The van der Waals surface area contributed by atoms with Gasteiger partial charge in [-0.15, -0.1) is 0 Å². The van der Waals surface area contributed by atoms with Gasteiger partial charge in [-0.25, -0.2) is 8.42 Å². The van der Waals surface area contributed by atoms with E-state index in [2.05, 4.69) is 48.5 Å². The quantitative estimate of drug-likeness (QED) is 0.482. The molecule has 0 aromatic heterocycles. The molecule has 1 saturated carbocycles. The first-order valence-electron chi connectivity index (χ1n) is 10.1.